The van der Waals surface area contributed by atoms with Crippen LogP contribution in [0, 0.1) is 13.8 Å². The number of hydrogen-bond donors (Lipinski definition) is 1. The standard InChI is InChI=1S/C19H23NO2S/c1-15-7-9-17(10-8-15)13-23-14-19(21)20-11-12-22-18-6-4-3-5-16(18)2/h3-10H,11-14H2,1-2H3,(H,20,21). The first-order valence-corrected chi connectivity index (χ1v) is 8.89. The lowest BCUT2D eigenvalue weighted by atomic mass is 10.2. The summed E-state index contributed by atoms with van der Waals surface area (Å²) in [5, 5.41) is 2.88. The molecular formula is C19H23NO2S. The molecule has 3 nitrogen and oxygen atoms in total. The van der Waals surface area contributed by atoms with Crippen LogP contribution in [0.3, 0.4) is 0 Å². The fraction of sp³-hybridized carbons (Fsp3) is 0.316. The maximum atomic E-state index is 11.8. The molecule has 1 amide bonds. The minimum atomic E-state index is 0.0514. The minimum absolute atomic E-state index is 0.0514. The van der Waals surface area contributed by atoms with E-state index >= 15 is 0 Å². The molecular weight excluding hydrogens is 306 g/mol. The highest BCUT2D eigenvalue weighted by Crippen LogP contribution is 2.15. The second-order valence-corrected chi connectivity index (χ2v) is 6.43. The molecule has 0 spiro atoms. The van der Waals surface area contributed by atoms with Gasteiger partial charge in [0.05, 0.1) is 12.3 Å². The molecule has 0 radical (unpaired) electrons. The smallest absolute Gasteiger partial charge is 0.230 e. The number of para-hydroxylation sites is 1. The van der Waals surface area contributed by atoms with Crippen molar-refractivity contribution in [3.8, 4) is 5.75 Å². The fourth-order valence-corrected chi connectivity index (χ4v) is 2.88. The van der Waals surface area contributed by atoms with Gasteiger partial charge in [-0.25, -0.2) is 0 Å². The normalized spacial score (nSPS) is 10.3. The highest BCUT2D eigenvalue weighted by Gasteiger charge is 2.02. The lowest BCUT2D eigenvalue weighted by Gasteiger charge is -2.09. The molecule has 0 unspecified atom stereocenters. The van der Waals surface area contributed by atoms with Gasteiger partial charge in [-0.2, -0.15) is 0 Å². The van der Waals surface area contributed by atoms with Gasteiger partial charge in [-0.15, -0.1) is 11.8 Å². The Hall–Kier alpha value is -1.94. The molecule has 0 fully saturated rings. The molecule has 2 aromatic carbocycles. The lowest BCUT2D eigenvalue weighted by molar-refractivity contribution is -0.118. The van der Waals surface area contributed by atoms with Crippen molar-refractivity contribution in [3.63, 3.8) is 0 Å². The third-order valence-corrected chi connectivity index (χ3v) is 4.40. The van der Waals surface area contributed by atoms with Crippen molar-refractivity contribution in [1.29, 1.82) is 0 Å². The first kappa shape index (κ1) is 17.4. The minimum Gasteiger partial charge on any atom is -0.491 e. The summed E-state index contributed by atoms with van der Waals surface area (Å²) in [6, 6.07) is 16.3. The van der Waals surface area contributed by atoms with Gasteiger partial charge in [0.15, 0.2) is 0 Å². The van der Waals surface area contributed by atoms with Gasteiger partial charge in [0.1, 0.15) is 12.4 Å². The van der Waals surface area contributed by atoms with Crippen LogP contribution >= 0.6 is 11.8 Å². The van der Waals surface area contributed by atoms with Crippen LogP contribution in [-0.4, -0.2) is 24.8 Å². The van der Waals surface area contributed by atoms with Crippen LogP contribution in [0.2, 0.25) is 0 Å². The number of benzene rings is 2. The molecule has 0 aliphatic heterocycles. The third-order valence-electron chi connectivity index (χ3n) is 3.40. The summed E-state index contributed by atoms with van der Waals surface area (Å²) < 4.78 is 5.65. The van der Waals surface area contributed by atoms with Crippen LogP contribution in [0.5, 0.6) is 5.75 Å². The average Bonchev–Trinajstić information content (AvgIpc) is 2.55. The van der Waals surface area contributed by atoms with Gasteiger partial charge in [0, 0.05) is 5.75 Å². The molecule has 0 heterocycles. The van der Waals surface area contributed by atoms with Crippen molar-refractivity contribution in [1.82, 2.24) is 5.32 Å². The van der Waals surface area contributed by atoms with Crippen molar-refractivity contribution in [2.24, 2.45) is 0 Å². The maximum absolute atomic E-state index is 11.8. The first-order valence-electron chi connectivity index (χ1n) is 7.73. The molecule has 0 saturated heterocycles. The summed E-state index contributed by atoms with van der Waals surface area (Å²) in [6.07, 6.45) is 0. The molecule has 0 bridgehead atoms. The number of ether oxygens (including phenoxy) is 1. The predicted octanol–water partition coefficient (Wildman–Crippen LogP) is 3.73. The van der Waals surface area contributed by atoms with Gasteiger partial charge < -0.3 is 10.1 Å². The van der Waals surface area contributed by atoms with E-state index in [9.17, 15) is 4.79 Å². The number of nitrogens with one attached hydrogen (secondary N) is 1. The van der Waals surface area contributed by atoms with E-state index in [1.165, 1.54) is 11.1 Å². The zero-order chi connectivity index (χ0) is 16.5. The molecule has 2 rings (SSSR count). The Labute approximate surface area is 142 Å². The lowest BCUT2D eigenvalue weighted by Crippen LogP contribution is -2.29. The number of carbonyl (C=O) groups excluding carboxylic acids is 1. The second kappa shape index (κ2) is 9.26. The van der Waals surface area contributed by atoms with Crippen LogP contribution in [0.15, 0.2) is 48.5 Å². The van der Waals surface area contributed by atoms with Crippen LogP contribution < -0.4 is 10.1 Å². The quantitative estimate of drug-likeness (QED) is 0.750. The topological polar surface area (TPSA) is 38.3 Å². The van der Waals surface area contributed by atoms with E-state index in [0.29, 0.717) is 18.9 Å². The fourth-order valence-electron chi connectivity index (χ4n) is 2.07. The van der Waals surface area contributed by atoms with Crippen LogP contribution in [0.25, 0.3) is 0 Å². The molecule has 1 N–H and O–H groups in total. The van der Waals surface area contributed by atoms with Crippen molar-refractivity contribution >= 4 is 17.7 Å². The molecule has 122 valence electrons. The molecule has 2 aromatic rings. The summed E-state index contributed by atoms with van der Waals surface area (Å²) in [5.41, 5.74) is 3.61. The van der Waals surface area contributed by atoms with E-state index in [2.05, 4.69) is 36.5 Å². The first-order chi connectivity index (χ1) is 11.1. The van der Waals surface area contributed by atoms with E-state index in [0.717, 1.165) is 17.1 Å². The number of rotatable bonds is 8. The van der Waals surface area contributed by atoms with Gasteiger partial charge in [0.25, 0.3) is 0 Å². The molecule has 23 heavy (non-hydrogen) atoms. The SMILES string of the molecule is Cc1ccc(CSCC(=O)NCCOc2ccccc2C)cc1. The molecule has 4 heteroatoms. The van der Waals surface area contributed by atoms with Crippen LogP contribution in [0.4, 0.5) is 0 Å². The third kappa shape index (κ3) is 6.37. The summed E-state index contributed by atoms with van der Waals surface area (Å²) in [7, 11) is 0. The van der Waals surface area contributed by atoms with E-state index < -0.39 is 0 Å². The van der Waals surface area contributed by atoms with Crippen LogP contribution in [0.1, 0.15) is 16.7 Å². The summed E-state index contributed by atoms with van der Waals surface area (Å²) in [5.74, 6) is 2.25. The number of carbonyl (C=O) groups is 1. The Kier molecular flexibility index (Phi) is 7.01. The predicted molar refractivity (Wildman–Crippen MR) is 97.0 cm³/mol. The van der Waals surface area contributed by atoms with Crippen molar-refractivity contribution < 1.29 is 9.53 Å². The van der Waals surface area contributed by atoms with Crippen molar-refractivity contribution in [2.45, 2.75) is 19.6 Å². The molecule has 0 atom stereocenters. The summed E-state index contributed by atoms with van der Waals surface area (Å²) >= 11 is 1.62. The van der Waals surface area contributed by atoms with Gasteiger partial charge in [-0.3, -0.25) is 4.79 Å². The molecule has 0 saturated carbocycles. The Bertz CT molecular complexity index is 626. The van der Waals surface area contributed by atoms with Crippen molar-refractivity contribution in [2.75, 3.05) is 18.9 Å². The number of hydrogen-bond acceptors (Lipinski definition) is 3. The van der Waals surface area contributed by atoms with Gasteiger partial charge in [-0.1, -0.05) is 48.0 Å². The molecule has 0 aromatic heterocycles. The summed E-state index contributed by atoms with van der Waals surface area (Å²) in [4.78, 5) is 11.8. The Morgan fingerprint density at radius 1 is 1.09 bits per heavy atom. The average molecular weight is 329 g/mol. The van der Waals surface area contributed by atoms with Crippen LogP contribution in [-0.2, 0) is 10.5 Å². The number of amides is 1. The summed E-state index contributed by atoms with van der Waals surface area (Å²) in [6.45, 7) is 5.09. The van der Waals surface area contributed by atoms with Gasteiger partial charge in [-0.05, 0) is 31.0 Å². The highest BCUT2D eigenvalue weighted by atomic mass is 32.2. The van der Waals surface area contributed by atoms with Gasteiger partial charge >= 0.3 is 0 Å². The Balaban J connectivity index is 1.58. The van der Waals surface area contributed by atoms with E-state index in [-0.39, 0.29) is 5.91 Å². The zero-order valence-corrected chi connectivity index (χ0v) is 14.5. The monoisotopic (exact) mass is 329 g/mol. The Morgan fingerprint density at radius 2 is 1.83 bits per heavy atom. The van der Waals surface area contributed by atoms with Gasteiger partial charge in [0.2, 0.25) is 5.91 Å². The van der Waals surface area contributed by atoms with Crippen molar-refractivity contribution in [3.05, 3.63) is 65.2 Å². The Morgan fingerprint density at radius 3 is 2.57 bits per heavy atom. The second-order valence-electron chi connectivity index (χ2n) is 5.44. The largest absolute Gasteiger partial charge is 0.491 e. The zero-order valence-electron chi connectivity index (χ0n) is 13.7. The highest BCUT2D eigenvalue weighted by molar-refractivity contribution is 7.99. The van der Waals surface area contributed by atoms with E-state index in [4.69, 9.17) is 4.74 Å². The molecule has 0 aliphatic carbocycles. The number of aryl methyl sites for hydroxylation is 2. The number of thioether (sulfide) groups is 1. The molecule has 0 aliphatic rings. The van der Waals surface area contributed by atoms with E-state index in [1.54, 1.807) is 11.8 Å². The maximum Gasteiger partial charge on any atom is 0.230 e. The van der Waals surface area contributed by atoms with E-state index in [1.807, 2.05) is 31.2 Å².